The Morgan fingerprint density at radius 3 is 2.67 bits per heavy atom. The van der Waals surface area contributed by atoms with Gasteiger partial charge in [0.15, 0.2) is 5.43 Å². The van der Waals surface area contributed by atoms with Crippen molar-refractivity contribution in [1.29, 1.82) is 0 Å². The normalized spacial score (nSPS) is 15.6. The Labute approximate surface area is 160 Å². The molecule has 1 aliphatic rings. The van der Waals surface area contributed by atoms with Gasteiger partial charge in [-0.05, 0) is 42.3 Å². The van der Waals surface area contributed by atoms with Crippen LogP contribution in [-0.4, -0.2) is 12.5 Å². The number of ether oxygens (including phenoxy) is 1. The van der Waals surface area contributed by atoms with E-state index in [9.17, 15) is 9.59 Å². The van der Waals surface area contributed by atoms with Gasteiger partial charge >= 0.3 is 0 Å². The van der Waals surface area contributed by atoms with Crippen LogP contribution in [0.5, 0.6) is 5.75 Å². The van der Waals surface area contributed by atoms with Crippen LogP contribution in [0.2, 0.25) is 5.02 Å². The maximum absolute atomic E-state index is 13.0. The summed E-state index contributed by atoms with van der Waals surface area (Å²) in [7, 11) is 0. The van der Waals surface area contributed by atoms with Gasteiger partial charge in [0, 0.05) is 5.02 Å². The van der Waals surface area contributed by atoms with Crippen molar-refractivity contribution in [3.8, 4) is 5.75 Å². The molecule has 2 aromatic carbocycles. The highest BCUT2D eigenvalue weighted by Crippen LogP contribution is 2.32. The molecule has 1 N–H and O–H groups in total. The minimum Gasteiger partial charge on any atom is -0.494 e. The second kappa shape index (κ2) is 7.08. The van der Waals surface area contributed by atoms with E-state index in [-0.39, 0.29) is 11.2 Å². The minimum atomic E-state index is -0.558. The van der Waals surface area contributed by atoms with Gasteiger partial charge in [-0.2, -0.15) is 0 Å². The third-order valence-electron chi connectivity index (χ3n) is 4.64. The lowest BCUT2D eigenvalue weighted by Crippen LogP contribution is -2.21. The number of amides is 1. The molecule has 1 unspecified atom stereocenters. The lowest BCUT2D eigenvalue weighted by Gasteiger charge is -2.13. The molecule has 3 aromatic rings. The lowest BCUT2D eigenvalue weighted by molar-refractivity contribution is 0.0938. The molecule has 0 fully saturated rings. The minimum absolute atomic E-state index is 0.0584. The first kappa shape index (κ1) is 17.6. The summed E-state index contributed by atoms with van der Waals surface area (Å²) >= 11 is 6.02. The third-order valence-corrected chi connectivity index (χ3v) is 4.87. The van der Waals surface area contributed by atoms with Gasteiger partial charge in [-0.25, -0.2) is 0 Å². The fourth-order valence-electron chi connectivity index (χ4n) is 3.22. The summed E-state index contributed by atoms with van der Waals surface area (Å²) in [5.41, 5.74) is 1.20. The molecule has 0 aliphatic carbocycles. The standard InChI is InChI=1S/C21H18ClNO4/c1-2-3-10-26-14-7-4-12(5-8-14)18-17-19(24)15-11-13(22)6-9-16(15)27-20(17)21(25)23-18/h4-9,11,18H,2-3,10H2,1H3,(H,23,25). The summed E-state index contributed by atoms with van der Waals surface area (Å²) in [6.45, 7) is 2.77. The van der Waals surface area contributed by atoms with E-state index >= 15 is 0 Å². The van der Waals surface area contributed by atoms with Crippen LogP contribution in [0.15, 0.2) is 51.7 Å². The maximum atomic E-state index is 13.0. The highest BCUT2D eigenvalue weighted by atomic mass is 35.5. The van der Waals surface area contributed by atoms with Crippen LogP contribution in [0.3, 0.4) is 0 Å². The predicted molar refractivity (Wildman–Crippen MR) is 104 cm³/mol. The van der Waals surface area contributed by atoms with Crippen molar-refractivity contribution in [2.75, 3.05) is 6.61 Å². The summed E-state index contributed by atoms with van der Waals surface area (Å²) in [5.74, 6) is 0.421. The van der Waals surface area contributed by atoms with E-state index in [2.05, 4.69) is 12.2 Å². The fraction of sp³-hybridized carbons (Fsp3) is 0.238. The SMILES string of the molecule is CCCCOc1ccc(C2NC(=O)c3oc4ccc(Cl)cc4c(=O)c32)cc1. The van der Waals surface area contributed by atoms with Gasteiger partial charge in [0.05, 0.1) is 23.6 Å². The first-order valence-electron chi connectivity index (χ1n) is 8.88. The lowest BCUT2D eigenvalue weighted by atomic mass is 9.99. The second-order valence-electron chi connectivity index (χ2n) is 6.49. The van der Waals surface area contributed by atoms with E-state index in [1.807, 2.05) is 24.3 Å². The van der Waals surface area contributed by atoms with Crippen molar-refractivity contribution in [1.82, 2.24) is 5.32 Å². The highest BCUT2D eigenvalue weighted by molar-refractivity contribution is 6.31. The number of hydrogen-bond acceptors (Lipinski definition) is 4. The molecule has 1 amide bonds. The van der Waals surface area contributed by atoms with Crippen LogP contribution in [0.1, 0.15) is 47.5 Å². The Morgan fingerprint density at radius 1 is 1.15 bits per heavy atom. The molecule has 4 rings (SSSR count). The van der Waals surface area contributed by atoms with Crippen molar-refractivity contribution in [3.63, 3.8) is 0 Å². The number of hydrogen-bond donors (Lipinski definition) is 1. The monoisotopic (exact) mass is 383 g/mol. The molecule has 1 aliphatic heterocycles. The molecule has 0 saturated carbocycles. The van der Waals surface area contributed by atoms with E-state index in [4.69, 9.17) is 20.8 Å². The molecule has 0 radical (unpaired) electrons. The number of nitrogens with one attached hydrogen (secondary N) is 1. The summed E-state index contributed by atoms with van der Waals surface area (Å²) in [6.07, 6.45) is 2.06. The van der Waals surface area contributed by atoms with Gasteiger partial charge in [-0.3, -0.25) is 9.59 Å². The average molecular weight is 384 g/mol. The molecule has 0 bridgehead atoms. The van der Waals surface area contributed by atoms with Gasteiger partial charge in [0.25, 0.3) is 5.91 Å². The van der Waals surface area contributed by atoms with Gasteiger partial charge in [0.2, 0.25) is 5.76 Å². The summed E-state index contributed by atoms with van der Waals surface area (Å²) in [5, 5.41) is 3.64. The Balaban J connectivity index is 1.73. The predicted octanol–water partition coefficient (Wildman–Crippen LogP) is 4.46. The van der Waals surface area contributed by atoms with Crippen LogP contribution in [0.25, 0.3) is 11.0 Å². The van der Waals surface area contributed by atoms with Gasteiger partial charge < -0.3 is 14.5 Å². The molecular weight excluding hydrogens is 366 g/mol. The van der Waals surface area contributed by atoms with Crippen LogP contribution < -0.4 is 15.5 Å². The molecule has 5 nitrogen and oxygen atoms in total. The molecule has 27 heavy (non-hydrogen) atoms. The number of halogens is 1. The van der Waals surface area contributed by atoms with E-state index in [0.717, 1.165) is 24.2 Å². The Bertz CT molecular complexity index is 1070. The zero-order chi connectivity index (χ0) is 19.0. The van der Waals surface area contributed by atoms with Gasteiger partial charge in [-0.1, -0.05) is 37.1 Å². The molecule has 138 valence electrons. The zero-order valence-corrected chi connectivity index (χ0v) is 15.5. The molecule has 6 heteroatoms. The number of fused-ring (bicyclic) bond motifs is 2. The average Bonchev–Trinajstić information content (AvgIpc) is 3.00. The van der Waals surface area contributed by atoms with Gasteiger partial charge in [-0.15, -0.1) is 0 Å². The summed E-state index contributed by atoms with van der Waals surface area (Å²) in [6, 6.07) is 11.6. The Kier molecular flexibility index (Phi) is 4.62. The first-order chi connectivity index (χ1) is 13.1. The molecule has 1 aromatic heterocycles. The number of unbranched alkanes of at least 4 members (excludes halogenated alkanes) is 1. The number of benzene rings is 2. The van der Waals surface area contributed by atoms with Crippen LogP contribution in [-0.2, 0) is 0 Å². The molecule has 0 spiro atoms. The first-order valence-corrected chi connectivity index (χ1v) is 9.26. The zero-order valence-electron chi connectivity index (χ0n) is 14.8. The summed E-state index contributed by atoms with van der Waals surface area (Å²) in [4.78, 5) is 25.4. The molecular formula is C21H18ClNO4. The highest BCUT2D eigenvalue weighted by Gasteiger charge is 2.35. The third kappa shape index (κ3) is 3.19. The summed E-state index contributed by atoms with van der Waals surface area (Å²) < 4.78 is 11.4. The second-order valence-corrected chi connectivity index (χ2v) is 6.93. The molecule has 0 saturated heterocycles. The van der Waals surface area contributed by atoms with Crippen molar-refractivity contribution in [2.24, 2.45) is 0 Å². The van der Waals surface area contributed by atoms with Gasteiger partial charge in [0.1, 0.15) is 11.3 Å². The van der Waals surface area contributed by atoms with Crippen molar-refractivity contribution >= 4 is 28.5 Å². The van der Waals surface area contributed by atoms with Crippen LogP contribution in [0.4, 0.5) is 0 Å². The van der Waals surface area contributed by atoms with Crippen LogP contribution in [0, 0.1) is 0 Å². The molecule has 2 heterocycles. The van der Waals surface area contributed by atoms with E-state index in [1.165, 1.54) is 0 Å². The molecule has 1 atom stereocenters. The van der Waals surface area contributed by atoms with Crippen molar-refractivity contribution in [3.05, 3.63) is 74.6 Å². The smallest absolute Gasteiger partial charge is 0.288 e. The Morgan fingerprint density at radius 2 is 1.93 bits per heavy atom. The fourth-order valence-corrected chi connectivity index (χ4v) is 3.39. The number of carbonyl (C=O) groups is 1. The maximum Gasteiger partial charge on any atom is 0.288 e. The topological polar surface area (TPSA) is 68.5 Å². The van der Waals surface area contributed by atoms with Crippen molar-refractivity contribution < 1.29 is 13.9 Å². The quantitative estimate of drug-likeness (QED) is 0.660. The number of carbonyl (C=O) groups excluding carboxylic acids is 1. The van der Waals surface area contributed by atoms with E-state index in [0.29, 0.717) is 28.2 Å². The Hall–Kier alpha value is -2.79. The van der Waals surface area contributed by atoms with E-state index in [1.54, 1.807) is 18.2 Å². The van der Waals surface area contributed by atoms with Crippen LogP contribution >= 0.6 is 11.6 Å². The van der Waals surface area contributed by atoms with E-state index < -0.39 is 11.9 Å². The number of rotatable bonds is 5. The van der Waals surface area contributed by atoms with Crippen molar-refractivity contribution in [2.45, 2.75) is 25.8 Å². The largest absolute Gasteiger partial charge is 0.494 e.